The van der Waals surface area contributed by atoms with Crippen LogP contribution >= 0.6 is 0 Å². The molecule has 0 bridgehead atoms. The average molecular weight is 1200 g/mol. The number of allylic oxidation sites excluding steroid dienone is 4. The van der Waals surface area contributed by atoms with E-state index in [0.717, 1.165) is 47.0 Å². The molecule has 0 saturated carbocycles. The lowest BCUT2D eigenvalue weighted by Crippen LogP contribution is -2.33. The summed E-state index contributed by atoms with van der Waals surface area (Å²) in [6.45, 7) is 19.3. The molecule has 0 saturated heterocycles. The molecule has 448 valence electrons. The largest absolute Gasteiger partial charge is 0.311 e. The van der Waals surface area contributed by atoms with Gasteiger partial charge in [-0.15, -0.1) is 0 Å². The molecule has 93 heavy (non-hydrogen) atoms. The van der Waals surface area contributed by atoms with Crippen LogP contribution in [-0.4, -0.2) is 4.57 Å². The lowest BCUT2D eigenvalue weighted by atomic mass is 9.68. The van der Waals surface area contributed by atoms with Crippen molar-refractivity contribution in [2.75, 3.05) is 9.80 Å². The quantitative estimate of drug-likeness (QED) is 0.135. The fourth-order valence-electron chi connectivity index (χ4n) is 17.2. The molecule has 18 rings (SSSR count). The Hall–Kier alpha value is -10.5. The normalized spacial score (nSPS) is 15.9. The lowest BCUT2D eigenvalue weighted by Gasteiger charge is -2.42. The molecule has 0 N–H and O–H groups in total. The second-order valence-electron chi connectivity index (χ2n) is 28.8. The fourth-order valence-corrected chi connectivity index (χ4v) is 17.2. The van der Waals surface area contributed by atoms with Crippen LogP contribution in [-0.2, 0) is 21.7 Å². The van der Waals surface area contributed by atoms with Crippen molar-refractivity contribution < 1.29 is 0 Å². The van der Waals surface area contributed by atoms with Crippen LogP contribution in [0, 0.1) is 0 Å². The van der Waals surface area contributed by atoms with E-state index in [9.17, 15) is 0 Å². The molecule has 3 heteroatoms. The van der Waals surface area contributed by atoms with E-state index in [-0.39, 0.29) is 21.7 Å². The molecule has 1 aromatic heterocycles. The van der Waals surface area contributed by atoms with Crippen LogP contribution < -0.4 is 9.80 Å². The van der Waals surface area contributed by atoms with Crippen LogP contribution in [0.15, 0.2) is 279 Å². The number of benzene rings is 12. The number of anilines is 6. The van der Waals surface area contributed by atoms with Gasteiger partial charge in [0, 0.05) is 66.6 Å². The van der Waals surface area contributed by atoms with Gasteiger partial charge < -0.3 is 14.4 Å². The third-order valence-electron chi connectivity index (χ3n) is 22.3. The van der Waals surface area contributed by atoms with E-state index < -0.39 is 0 Å². The predicted octanol–water partition coefficient (Wildman–Crippen LogP) is 24.4. The van der Waals surface area contributed by atoms with E-state index in [1.807, 2.05) is 0 Å². The van der Waals surface area contributed by atoms with Gasteiger partial charge in [-0.3, -0.25) is 0 Å². The van der Waals surface area contributed by atoms with E-state index >= 15 is 0 Å². The van der Waals surface area contributed by atoms with Gasteiger partial charge in [0.15, 0.2) is 0 Å². The molecule has 3 heterocycles. The number of nitrogens with zero attached hydrogens (tertiary/aromatic N) is 3. The first kappa shape index (κ1) is 55.4. The number of fused-ring (bicyclic) bond motifs is 6. The zero-order valence-electron chi connectivity index (χ0n) is 54.2. The molecule has 0 fully saturated rings. The maximum absolute atomic E-state index is 2.65. The summed E-state index contributed by atoms with van der Waals surface area (Å²) in [7, 11) is 0. The first-order valence-corrected chi connectivity index (χ1v) is 33.4. The molecule has 0 atom stereocenters. The van der Waals surface area contributed by atoms with Gasteiger partial charge in [-0.1, -0.05) is 225 Å². The van der Waals surface area contributed by atoms with Crippen molar-refractivity contribution >= 4 is 61.5 Å². The summed E-state index contributed by atoms with van der Waals surface area (Å²) >= 11 is 0. The van der Waals surface area contributed by atoms with Crippen molar-refractivity contribution in [2.45, 2.75) is 89.9 Å². The SMILES string of the molecule is CC1(C)C2=C(C=CCC2)c2ccc(-c3ccc(N(c4ccccc4)c4ccc(-c5cc6c7c(c5)c5cc(-c8ccc(N(c9ccccc9)c9ccc(-c%10ccc%11c(c%10)C(C)(C)c%10ccccc%10-%11)cc9)cc8)cc8c5n7-c5c(cccc5C8(C)C)C6(C)C)cc4)cc3)cc21. The van der Waals surface area contributed by atoms with E-state index in [1.165, 1.54) is 133 Å². The monoisotopic (exact) mass is 1200 g/mol. The first-order valence-electron chi connectivity index (χ1n) is 33.4. The highest BCUT2D eigenvalue weighted by Crippen LogP contribution is 2.58. The fraction of sp³-hybridized carbons (Fsp3) is 0.156. The summed E-state index contributed by atoms with van der Waals surface area (Å²) in [5.41, 5.74) is 36.8. The zero-order valence-corrected chi connectivity index (χ0v) is 54.2. The smallest absolute Gasteiger partial charge is 0.0582 e. The third kappa shape index (κ3) is 8.15. The van der Waals surface area contributed by atoms with Crippen molar-refractivity contribution in [2.24, 2.45) is 0 Å². The number of rotatable bonds is 10. The highest BCUT2D eigenvalue weighted by Gasteiger charge is 2.44. The van der Waals surface area contributed by atoms with E-state index in [1.54, 1.807) is 5.57 Å². The van der Waals surface area contributed by atoms with Crippen LogP contribution in [0.1, 0.15) is 113 Å². The van der Waals surface area contributed by atoms with Crippen LogP contribution in [0.3, 0.4) is 0 Å². The molecule has 5 aliphatic rings. The van der Waals surface area contributed by atoms with Crippen molar-refractivity contribution in [1.82, 2.24) is 4.57 Å². The van der Waals surface area contributed by atoms with E-state index in [4.69, 9.17) is 0 Å². The Kier molecular flexibility index (Phi) is 11.9. The van der Waals surface area contributed by atoms with Gasteiger partial charge in [0.1, 0.15) is 0 Å². The standard InChI is InChI=1S/C90H73N3/c1-87(2)76-26-17-15-24-70(76)72-48-38-60(52-80(72)87)56-30-40-66(41-31-56)91(64-20-11-9-12-21-64)68-44-34-58(35-45-68)62-50-74-75-51-63(55-83-85(75)93-84(74)82(54-62)89(5,6)78-28-19-29-79(86(78)93)90(83,7)8)59-36-46-69(47-37-59)92(65-22-13-10-14-23-65)67-42-32-57(33-43-67)61-39-49-73-71-25-16-18-27-77(71)88(3,4)81(73)53-61/h9-17,19-26,28-55H,18,27H2,1-8H3. The molecule has 0 radical (unpaired) electrons. The topological polar surface area (TPSA) is 11.4 Å². The summed E-state index contributed by atoms with van der Waals surface area (Å²) in [5.74, 6) is 0. The second kappa shape index (κ2) is 20.0. The Morgan fingerprint density at radius 2 is 0.656 bits per heavy atom. The Labute approximate surface area is 546 Å². The molecule has 0 unspecified atom stereocenters. The van der Waals surface area contributed by atoms with E-state index in [2.05, 4.69) is 343 Å². The van der Waals surface area contributed by atoms with Crippen LogP contribution in [0.4, 0.5) is 34.1 Å². The van der Waals surface area contributed by atoms with Crippen LogP contribution in [0.2, 0.25) is 0 Å². The molecule has 13 aromatic rings. The molecule has 0 spiro atoms. The van der Waals surface area contributed by atoms with E-state index in [0.29, 0.717) is 0 Å². The third-order valence-corrected chi connectivity index (χ3v) is 22.3. The van der Waals surface area contributed by atoms with Crippen molar-refractivity contribution in [3.63, 3.8) is 0 Å². The molecule has 0 amide bonds. The number of aromatic nitrogens is 1. The number of hydrogen-bond donors (Lipinski definition) is 0. The highest BCUT2D eigenvalue weighted by molar-refractivity contribution is 6.16. The minimum Gasteiger partial charge on any atom is -0.311 e. The molecular weight excluding hydrogens is 1120 g/mol. The lowest BCUT2D eigenvalue weighted by molar-refractivity contribution is 0.594. The van der Waals surface area contributed by atoms with Gasteiger partial charge in [-0.2, -0.15) is 0 Å². The van der Waals surface area contributed by atoms with Crippen LogP contribution in [0.25, 0.3) is 88.7 Å². The van der Waals surface area contributed by atoms with Gasteiger partial charge in [-0.25, -0.2) is 0 Å². The minimum atomic E-state index is -0.258. The summed E-state index contributed by atoms with van der Waals surface area (Å²) in [6, 6.07) is 98.6. The first-order chi connectivity index (χ1) is 45.1. The highest BCUT2D eigenvalue weighted by atomic mass is 15.1. The Balaban J connectivity index is 0.707. The summed E-state index contributed by atoms with van der Waals surface area (Å²) in [6.07, 6.45) is 6.96. The Morgan fingerprint density at radius 3 is 1.14 bits per heavy atom. The summed E-state index contributed by atoms with van der Waals surface area (Å²) in [5, 5.41) is 2.59. The molecule has 3 nitrogen and oxygen atoms in total. The van der Waals surface area contributed by atoms with Crippen molar-refractivity contribution in [3.05, 3.63) is 323 Å². The van der Waals surface area contributed by atoms with Gasteiger partial charge >= 0.3 is 0 Å². The van der Waals surface area contributed by atoms with Gasteiger partial charge in [0.05, 0.1) is 16.7 Å². The Morgan fingerprint density at radius 1 is 0.290 bits per heavy atom. The molecule has 2 aliphatic heterocycles. The zero-order chi connectivity index (χ0) is 62.9. The molecule has 3 aliphatic carbocycles. The number of hydrogen-bond acceptors (Lipinski definition) is 2. The predicted molar refractivity (Wildman–Crippen MR) is 392 cm³/mol. The summed E-state index contributed by atoms with van der Waals surface area (Å²) < 4.78 is 2.65. The summed E-state index contributed by atoms with van der Waals surface area (Å²) in [4.78, 5) is 4.77. The Bertz CT molecular complexity index is 5320. The van der Waals surface area contributed by atoms with Gasteiger partial charge in [0.2, 0.25) is 0 Å². The second-order valence-corrected chi connectivity index (χ2v) is 28.8. The van der Waals surface area contributed by atoms with Crippen LogP contribution in [0.5, 0.6) is 0 Å². The van der Waals surface area contributed by atoms with Crippen molar-refractivity contribution in [1.29, 1.82) is 0 Å². The molecular formula is C90H73N3. The number of para-hydroxylation sites is 3. The van der Waals surface area contributed by atoms with Crippen molar-refractivity contribution in [3.8, 4) is 61.3 Å². The average Bonchev–Trinajstić information content (AvgIpc) is 1.56. The maximum Gasteiger partial charge on any atom is 0.0582 e. The maximum atomic E-state index is 2.65. The molecule has 12 aromatic carbocycles. The van der Waals surface area contributed by atoms with Gasteiger partial charge in [-0.05, 0) is 228 Å². The van der Waals surface area contributed by atoms with Gasteiger partial charge in [0.25, 0.3) is 0 Å². The minimum absolute atomic E-state index is 0.0303.